The lowest BCUT2D eigenvalue weighted by molar-refractivity contribution is 0.0749. The summed E-state index contributed by atoms with van der Waals surface area (Å²) in [5, 5.41) is 2.08. The molecule has 1 amide bonds. The van der Waals surface area contributed by atoms with E-state index in [1.165, 1.54) is 29.8 Å². The number of nitrogens with zero attached hydrogens (tertiary/aromatic N) is 4. The number of rotatable bonds is 3. The molecule has 1 aliphatic carbocycles. The van der Waals surface area contributed by atoms with Crippen molar-refractivity contribution in [3.63, 3.8) is 0 Å². The maximum Gasteiger partial charge on any atom is 0.258 e. The Morgan fingerprint density at radius 2 is 1.79 bits per heavy atom. The normalized spacial score (nSPS) is 22.9. The zero-order valence-corrected chi connectivity index (χ0v) is 17.6. The maximum absolute atomic E-state index is 13.3. The van der Waals surface area contributed by atoms with Crippen LogP contribution in [0, 0.1) is 5.92 Å². The van der Waals surface area contributed by atoms with E-state index in [9.17, 15) is 4.79 Å². The predicted molar refractivity (Wildman–Crippen MR) is 116 cm³/mol. The van der Waals surface area contributed by atoms with Crippen LogP contribution in [-0.4, -0.2) is 40.4 Å². The Bertz CT molecular complexity index is 885. The topological polar surface area (TPSA) is 49.3 Å². The molecular formula is C23H28N4OS. The molecule has 152 valence electrons. The number of hydrogen-bond acceptors (Lipinski definition) is 5. The van der Waals surface area contributed by atoms with Gasteiger partial charge in [-0.3, -0.25) is 4.79 Å². The van der Waals surface area contributed by atoms with Gasteiger partial charge in [-0.2, -0.15) is 0 Å². The molecule has 5 nitrogen and oxygen atoms in total. The highest BCUT2D eigenvalue weighted by Gasteiger charge is 2.32. The summed E-state index contributed by atoms with van der Waals surface area (Å²) in [5.74, 6) is 2.17. The molecule has 2 aliphatic heterocycles. The lowest BCUT2D eigenvalue weighted by atomic mass is 9.84. The van der Waals surface area contributed by atoms with Gasteiger partial charge in [0.1, 0.15) is 0 Å². The lowest BCUT2D eigenvalue weighted by Gasteiger charge is -2.37. The number of thiophene rings is 1. The summed E-state index contributed by atoms with van der Waals surface area (Å²) in [6, 6.07) is 4.02. The average molecular weight is 409 g/mol. The minimum atomic E-state index is 0.209. The van der Waals surface area contributed by atoms with Crippen molar-refractivity contribution in [2.45, 2.75) is 50.9 Å². The summed E-state index contributed by atoms with van der Waals surface area (Å²) in [6.45, 7) is 2.81. The Morgan fingerprint density at radius 3 is 2.62 bits per heavy atom. The van der Waals surface area contributed by atoms with Crippen molar-refractivity contribution in [1.82, 2.24) is 14.9 Å². The van der Waals surface area contributed by atoms with E-state index >= 15 is 0 Å². The number of piperidine rings is 2. The molecular weight excluding hydrogens is 380 g/mol. The number of likely N-dealkylation sites (tertiary alicyclic amines) is 1. The van der Waals surface area contributed by atoms with Crippen LogP contribution >= 0.6 is 11.3 Å². The third-order valence-corrected chi connectivity index (χ3v) is 7.71. The maximum atomic E-state index is 13.3. The zero-order chi connectivity index (χ0) is 19.6. The predicted octanol–water partition coefficient (Wildman–Crippen LogP) is 4.84. The molecule has 5 rings (SSSR count). The molecule has 0 radical (unpaired) electrons. The van der Waals surface area contributed by atoms with Crippen molar-refractivity contribution >= 4 is 23.2 Å². The van der Waals surface area contributed by atoms with E-state index in [-0.39, 0.29) is 5.91 Å². The summed E-state index contributed by atoms with van der Waals surface area (Å²) in [7, 11) is 0. The van der Waals surface area contributed by atoms with Crippen molar-refractivity contribution in [3.05, 3.63) is 52.1 Å². The fourth-order valence-electron chi connectivity index (χ4n) is 5.05. The van der Waals surface area contributed by atoms with Gasteiger partial charge in [0.05, 0.1) is 5.56 Å². The van der Waals surface area contributed by atoms with Gasteiger partial charge in [0.15, 0.2) is 0 Å². The van der Waals surface area contributed by atoms with Gasteiger partial charge in [-0.05, 0) is 68.9 Å². The fourth-order valence-corrected chi connectivity index (χ4v) is 6.10. The number of carbonyl (C=O) groups excluding carboxylic acids is 1. The van der Waals surface area contributed by atoms with Gasteiger partial charge in [0.25, 0.3) is 5.91 Å². The van der Waals surface area contributed by atoms with Crippen LogP contribution in [0.25, 0.3) is 0 Å². The van der Waals surface area contributed by atoms with Gasteiger partial charge in [0, 0.05) is 48.0 Å². The Labute approximate surface area is 176 Å². The molecule has 0 N–H and O–H groups in total. The molecule has 0 spiro atoms. The Morgan fingerprint density at radius 1 is 1.00 bits per heavy atom. The number of carbonyl (C=O) groups is 1. The van der Waals surface area contributed by atoms with Gasteiger partial charge in [-0.15, -0.1) is 11.3 Å². The van der Waals surface area contributed by atoms with Crippen LogP contribution in [0.5, 0.6) is 0 Å². The molecule has 6 heteroatoms. The highest BCUT2D eigenvalue weighted by Crippen LogP contribution is 2.37. The molecule has 2 saturated heterocycles. The monoisotopic (exact) mass is 408 g/mol. The molecule has 0 bridgehead atoms. The molecule has 2 aromatic rings. The van der Waals surface area contributed by atoms with E-state index in [1.54, 1.807) is 23.7 Å². The van der Waals surface area contributed by atoms with E-state index in [1.807, 2.05) is 6.07 Å². The molecule has 2 aromatic heterocycles. The number of amides is 1. The van der Waals surface area contributed by atoms with Crippen molar-refractivity contribution in [2.24, 2.45) is 5.92 Å². The quantitative estimate of drug-likeness (QED) is 0.729. The van der Waals surface area contributed by atoms with Crippen molar-refractivity contribution < 1.29 is 4.79 Å². The lowest BCUT2D eigenvalue weighted by Crippen LogP contribution is -2.38. The van der Waals surface area contributed by atoms with Crippen LogP contribution in [0.1, 0.15) is 66.1 Å². The Kier molecular flexibility index (Phi) is 5.36. The zero-order valence-electron chi connectivity index (χ0n) is 16.8. The number of fused-ring (bicyclic) bond motifs is 1. The smallest absolute Gasteiger partial charge is 0.258 e. The van der Waals surface area contributed by atoms with Gasteiger partial charge >= 0.3 is 0 Å². The second kappa shape index (κ2) is 8.27. The Hall–Kier alpha value is -2.21. The highest BCUT2D eigenvalue weighted by molar-refractivity contribution is 7.10. The van der Waals surface area contributed by atoms with Crippen molar-refractivity contribution in [2.75, 3.05) is 24.5 Å². The average Bonchev–Trinajstić information content (AvgIpc) is 3.29. The van der Waals surface area contributed by atoms with Crippen LogP contribution in [0.4, 0.5) is 5.95 Å². The largest absolute Gasteiger partial charge is 0.341 e. The summed E-state index contributed by atoms with van der Waals surface area (Å²) < 4.78 is 0. The minimum Gasteiger partial charge on any atom is -0.341 e. The number of hydrogen-bond donors (Lipinski definition) is 0. The minimum absolute atomic E-state index is 0.209. The van der Waals surface area contributed by atoms with Crippen molar-refractivity contribution in [3.8, 4) is 0 Å². The molecule has 4 heterocycles. The first kappa shape index (κ1) is 18.8. The van der Waals surface area contributed by atoms with E-state index in [0.717, 1.165) is 56.8 Å². The number of anilines is 1. The van der Waals surface area contributed by atoms with E-state index in [4.69, 9.17) is 0 Å². The molecule has 29 heavy (non-hydrogen) atoms. The van der Waals surface area contributed by atoms with Crippen LogP contribution in [0.3, 0.4) is 0 Å². The molecule has 2 fully saturated rings. The van der Waals surface area contributed by atoms with Crippen LogP contribution in [0.2, 0.25) is 0 Å². The summed E-state index contributed by atoms with van der Waals surface area (Å²) in [6.07, 6.45) is 14.1. The molecule has 3 aliphatic rings. The van der Waals surface area contributed by atoms with Crippen LogP contribution in [0.15, 0.2) is 41.7 Å². The number of allylic oxidation sites excluding steroid dienone is 2. The third-order valence-electron chi connectivity index (χ3n) is 6.62. The molecule has 1 atom stereocenters. The van der Waals surface area contributed by atoms with E-state index in [0.29, 0.717) is 11.8 Å². The molecule has 0 aromatic carbocycles. The summed E-state index contributed by atoms with van der Waals surface area (Å²) >= 11 is 1.76. The van der Waals surface area contributed by atoms with E-state index in [2.05, 4.69) is 37.3 Å². The molecule has 0 saturated carbocycles. The van der Waals surface area contributed by atoms with Gasteiger partial charge in [-0.1, -0.05) is 6.08 Å². The van der Waals surface area contributed by atoms with Gasteiger partial charge < -0.3 is 9.80 Å². The second-order valence-electron chi connectivity index (χ2n) is 8.40. The third kappa shape index (κ3) is 3.82. The van der Waals surface area contributed by atoms with E-state index < -0.39 is 0 Å². The first-order valence-corrected chi connectivity index (χ1v) is 11.8. The highest BCUT2D eigenvalue weighted by atomic mass is 32.1. The first-order chi connectivity index (χ1) is 14.3. The van der Waals surface area contributed by atoms with Gasteiger partial charge in [-0.25, -0.2) is 9.97 Å². The molecule has 1 unspecified atom stereocenters. The second-order valence-corrected chi connectivity index (χ2v) is 9.35. The van der Waals surface area contributed by atoms with Crippen molar-refractivity contribution in [1.29, 1.82) is 0 Å². The van der Waals surface area contributed by atoms with Gasteiger partial charge in [0.2, 0.25) is 5.95 Å². The fraction of sp³-hybridized carbons (Fsp3) is 0.522. The standard InChI is InChI=1S/C23H28N4OS/c28-22(27-12-3-6-17-5-1-2-7-20(17)27)19-15-21(29-16-19)18-8-13-26(14-9-18)23-24-10-4-11-25-23/h4,7,10-11,15-18H,1-3,5-6,8-9,12-14H2. The summed E-state index contributed by atoms with van der Waals surface area (Å²) in [4.78, 5) is 27.7. The Balaban J connectivity index is 1.25. The van der Waals surface area contributed by atoms with Crippen LogP contribution in [-0.2, 0) is 0 Å². The number of aromatic nitrogens is 2. The SMILES string of the molecule is O=C(c1csc(C2CCN(c3ncccn3)CC2)c1)N1CCCC2CCCC=C21. The first-order valence-electron chi connectivity index (χ1n) is 10.9. The van der Waals surface area contributed by atoms with Crippen LogP contribution < -0.4 is 4.90 Å². The summed E-state index contributed by atoms with van der Waals surface area (Å²) in [5.41, 5.74) is 2.18.